The van der Waals surface area contributed by atoms with Gasteiger partial charge in [-0.2, -0.15) is 5.10 Å². The highest BCUT2D eigenvalue weighted by atomic mass is 16.1. The fraction of sp³-hybridized carbons (Fsp3) is 0. The lowest BCUT2D eigenvalue weighted by Gasteiger charge is -1.80. The van der Waals surface area contributed by atoms with Crippen molar-refractivity contribution in [3.8, 4) is 0 Å². The topological polar surface area (TPSA) is 84.7 Å². The minimum Gasteiger partial charge on any atom is -0.364 e. The predicted molar refractivity (Wildman–Crippen MR) is 51.3 cm³/mol. The number of H-pyrrole nitrogens is 1. The Hall–Kier alpha value is -2.17. The quantitative estimate of drug-likeness (QED) is 0.690. The molecule has 0 aromatic carbocycles. The van der Waals surface area contributed by atoms with Gasteiger partial charge in [0.15, 0.2) is 0 Å². The average molecular weight is 190 g/mol. The van der Waals surface area contributed by atoms with E-state index in [0.29, 0.717) is 5.69 Å². The van der Waals surface area contributed by atoms with Crippen molar-refractivity contribution in [3.05, 3.63) is 48.5 Å². The number of pyridine rings is 1. The van der Waals surface area contributed by atoms with Crippen molar-refractivity contribution in [2.75, 3.05) is 0 Å². The Balaban J connectivity index is 0.000000146. The van der Waals surface area contributed by atoms with Crippen molar-refractivity contribution in [2.45, 2.75) is 0 Å². The zero-order chi connectivity index (χ0) is 10.2. The fourth-order valence-corrected chi connectivity index (χ4v) is 0.706. The third kappa shape index (κ3) is 3.48. The minimum atomic E-state index is -0.484. The zero-order valence-electron chi connectivity index (χ0n) is 7.42. The van der Waals surface area contributed by atoms with E-state index in [-0.39, 0.29) is 0 Å². The van der Waals surface area contributed by atoms with E-state index in [9.17, 15) is 4.79 Å². The summed E-state index contributed by atoms with van der Waals surface area (Å²) in [6, 6.07) is 7.23. The summed E-state index contributed by atoms with van der Waals surface area (Å²) in [7, 11) is 0. The monoisotopic (exact) mass is 190 g/mol. The maximum absolute atomic E-state index is 10.2. The SMILES string of the molecule is NC(=O)c1ccn[nH]1.c1ccncc1. The lowest BCUT2D eigenvalue weighted by molar-refractivity contribution is 0.0995. The average Bonchev–Trinajstić information content (AvgIpc) is 2.74. The van der Waals surface area contributed by atoms with Crippen molar-refractivity contribution < 1.29 is 4.79 Å². The van der Waals surface area contributed by atoms with Crippen LogP contribution in [0.3, 0.4) is 0 Å². The lowest BCUT2D eigenvalue weighted by atomic mass is 10.4. The van der Waals surface area contributed by atoms with Crippen LogP contribution in [0.5, 0.6) is 0 Å². The van der Waals surface area contributed by atoms with Gasteiger partial charge in [-0.25, -0.2) is 0 Å². The van der Waals surface area contributed by atoms with Gasteiger partial charge in [0.1, 0.15) is 5.69 Å². The first kappa shape index (κ1) is 9.91. The molecule has 0 saturated carbocycles. The number of carbonyl (C=O) groups excluding carboxylic acids is 1. The number of nitrogens with one attached hydrogen (secondary N) is 1. The molecule has 2 aromatic heterocycles. The summed E-state index contributed by atoms with van der Waals surface area (Å²) in [5.74, 6) is -0.484. The highest BCUT2D eigenvalue weighted by molar-refractivity contribution is 5.90. The van der Waals surface area contributed by atoms with E-state index in [2.05, 4.69) is 15.2 Å². The molecule has 2 aromatic rings. The van der Waals surface area contributed by atoms with Crippen LogP contribution in [0.25, 0.3) is 0 Å². The number of hydrogen-bond acceptors (Lipinski definition) is 3. The molecule has 2 rings (SSSR count). The van der Waals surface area contributed by atoms with Gasteiger partial charge in [0, 0.05) is 18.6 Å². The zero-order valence-corrected chi connectivity index (χ0v) is 7.42. The smallest absolute Gasteiger partial charge is 0.266 e. The third-order valence-corrected chi connectivity index (χ3v) is 1.33. The van der Waals surface area contributed by atoms with Gasteiger partial charge in [0.25, 0.3) is 5.91 Å². The van der Waals surface area contributed by atoms with Crippen LogP contribution in [0.2, 0.25) is 0 Å². The number of carbonyl (C=O) groups is 1. The van der Waals surface area contributed by atoms with Crippen LogP contribution in [0.4, 0.5) is 0 Å². The molecule has 0 atom stereocenters. The number of nitrogens with zero attached hydrogens (tertiary/aromatic N) is 2. The van der Waals surface area contributed by atoms with Gasteiger partial charge in [-0.3, -0.25) is 14.9 Å². The van der Waals surface area contributed by atoms with Crippen molar-refractivity contribution >= 4 is 5.91 Å². The van der Waals surface area contributed by atoms with Gasteiger partial charge in [0.05, 0.1) is 0 Å². The molecule has 2 heterocycles. The standard InChI is InChI=1S/C5H5N.C4H5N3O/c1-2-4-6-5-3-1;5-4(8)3-1-2-6-7-3/h1-5H;1-2H,(H2,5,8)(H,6,7). The van der Waals surface area contributed by atoms with E-state index in [1.54, 1.807) is 12.4 Å². The van der Waals surface area contributed by atoms with Crippen molar-refractivity contribution in [2.24, 2.45) is 5.73 Å². The second-order valence-corrected chi connectivity index (χ2v) is 2.36. The molecule has 0 aliphatic rings. The maximum Gasteiger partial charge on any atom is 0.266 e. The number of aromatic nitrogens is 3. The fourth-order valence-electron chi connectivity index (χ4n) is 0.706. The molecule has 5 heteroatoms. The molecule has 14 heavy (non-hydrogen) atoms. The number of hydrogen-bond donors (Lipinski definition) is 2. The van der Waals surface area contributed by atoms with E-state index < -0.39 is 5.91 Å². The largest absolute Gasteiger partial charge is 0.364 e. The van der Waals surface area contributed by atoms with E-state index in [4.69, 9.17) is 5.73 Å². The van der Waals surface area contributed by atoms with Gasteiger partial charge in [-0.1, -0.05) is 6.07 Å². The Morgan fingerprint density at radius 1 is 1.21 bits per heavy atom. The number of nitrogens with two attached hydrogens (primary N) is 1. The van der Waals surface area contributed by atoms with Crippen LogP contribution in [0.1, 0.15) is 10.5 Å². The summed E-state index contributed by atoms with van der Waals surface area (Å²) in [5.41, 5.74) is 5.19. The summed E-state index contributed by atoms with van der Waals surface area (Å²) in [6.45, 7) is 0. The Morgan fingerprint density at radius 3 is 2.14 bits per heavy atom. The normalized spacial score (nSPS) is 8.57. The number of amides is 1. The second kappa shape index (κ2) is 5.47. The van der Waals surface area contributed by atoms with Gasteiger partial charge < -0.3 is 5.73 Å². The molecular weight excluding hydrogens is 180 g/mol. The van der Waals surface area contributed by atoms with Crippen LogP contribution in [0, 0.1) is 0 Å². The predicted octanol–water partition coefficient (Wildman–Crippen LogP) is 0.590. The van der Waals surface area contributed by atoms with Gasteiger partial charge in [0.2, 0.25) is 0 Å². The molecular formula is C9H10N4O. The Labute approximate surface area is 81.0 Å². The first-order valence-corrected chi connectivity index (χ1v) is 3.95. The van der Waals surface area contributed by atoms with Crippen molar-refractivity contribution in [3.63, 3.8) is 0 Å². The Bertz CT molecular complexity index is 331. The summed E-state index contributed by atoms with van der Waals surface area (Å²) in [4.78, 5) is 14.0. The molecule has 3 N–H and O–H groups in total. The van der Waals surface area contributed by atoms with Crippen LogP contribution in [-0.2, 0) is 0 Å². The van der Waals surface area contributed by atoms with Gasteiger partial charge in [-0.05, 0) is 18.2 Å². The summed E-state index contributed by atoms with van der Waals surface area (Å²) < 4.78 is 0. The molecule has 0 saturated heterocycles. The van der Waals surface area contributed by atoms with Crippen molar-refractivity contribution in [1.29, 1.82) is 0 Å². The highest BCUT2D eigenvalue weighted by Gasteiger charge is 1.96. The molecule has 0 bridgehead atoms. The maximum atomic E-state index is 10.2. The van der Waals surface area contributed by atoms with E-state index in [0.717, 1.165) is 0 Å². The molecule has 0 unspecified atom stereocenters. The van der Waals surface area contributed by atoms with Crippen LogP contribution < -0.4 is 5.73 Å². The molecule has 0 fully saturated rings. The van der Waals surface area contributed by atoms with Crippen LogP contribution in [-0.4, -0.2) is 21.1 Å². The van der Waals surface area contributed by atoms with Gasteiger partial charge >= 0.3 is 0 Å². The molecule has 1 amide bonds. The highest BCUT2D eigenvalue weighted by Crippen LogP contribution is 1.86. The third-order valence-electron chi connectivity index (χ3n) is 1.33. The first-order chi connectivity index (χ1) is 6.80. The number of primary amides is 1. The van der Waals surface area contributed by atoms with Crippen molar-refractivity contribution in [1.82, 2.24) is 15.2 Å². The van der Waals surface area contributed by atoms with E-state index in [1.807, 2.05) is 18.2 Å². The lowest BCUT2D eigenvalue weighted by Crippen LogP contribution is -2.10. The summed E-state index contributed by atoms with van der Waals surface area (Å²) >= 11 is 0. The molecule has 0 aliphatic carbocycles. The number of rotatable bonds is 1. The number of aromatic amines is 1. The van der Waals surface area contributed by atoms with E-state index >= 15 is 0 Å². The summed E-state index contributed by atoms with van der Waals surface area (Å²) in [5, 5.41) is 5.93. The molecule has 72 valence electrons. The Kier molecular flexibility index (Phi) is 3.87. The molecule has 0 aliphatic heterocycles. The van der Waals surface area contributed by atoms with Crippen LogP contribution >= 0.6 is 0 Å². The molecule has 0 radical (unpaired) electrons. The van der Waals surface area contributed by atoms with E-state index in [1.165, 1.54) is 12.3 Å². The first-order valence-electron chi connectivity index (χ1n) is 3.95. The summed E-state index contributed by atoms with van der Waals surface area (Å²) in [6.07, 6.45) is 4.97. The second-order valence-electron chi connectivity index (χ2n) is 2.36. The molecule has 5 nitrogen and oxygen atoms in total. The molecule has 0 spiro atoms. The Morgan fingerprint density at radius 2 is 1.93 bits per heavy atom. The minimum absolute atomic E-state index is 0.338. The van der Waals surface area contributed by atoms with Gasteiger partial charge in [-0.15, -0.1) is 0 Å². The van der Waals surface area contributed by atoms with Crippen LogP contribution in [0.15, 0.2) is 42.9 Å².